The number of benzene rings is 1. The van der Waals surface area contributed by atoms with E-state index in [0.717, 1.165) is 42.7 Å². The lowest BCUT2D eigenvalue weighted by molar-refractivity contribution is 0.0787. The number of carbonyl (C=O) groups excluding carboxylic acids is 2. The molecule has 0 atom stereocenters. The molecule has 1 aromatic heterocycles. The van der Waals surface area contributed by atoms with Crippen LogP contribution in [0.3, 0.4) is 0 Å². The van der Waals surface area contributed by atoms with Gasteiger partial charge in [-0.15, -0.1) is 0 Å². The fourth-order valence-electron chi connectivity index (χ4n) is 2.85. The molecule has 2 amide bonds. The van der Waals surface area contributed by atoms with Crippen molar-refractivity contribution in [2.24, 2.45) is 0 Å². The lowest BCUT2D eigenvalue weighted by Crippen LogP contribution is -2.28. The van der Waals surface area contributed by atoms with Gasteiger partial charge in [-0.25, -0.2) is 0 Å². The van der Waals surface area contributed by atoms with Gasteiger partial charge < -0.3 is 10.2 Å². The van der Waals surface area contributed by atoms with Gasteiger partial charge in [0, 0.05) is 30.5 Å². The summed E-state index contributed by atoms with van der Waals surface area (Å²) in [6, 6.07) is 8.98. The summed E-state index contributed by atoms with van der Waals surface area (Å²) < 4.78 is 0. The number of pyridine rings is 1. The Balaban J connectivity index is 1.79. The van der Waals surface area contributed by atoms with E-state index in [1.165, 1.54) is 6.20 Å². The summed E-state index contributed by atoms with van der Waals surface area (Å²) in [7, 11) is 0. The number of nitrogens with zero attached hydrogens (tertiary/aromatic N) is 2. The number of anilines is 1. The maximum atomic E-state index is 12.5. The van der Waals surface area contributed by atoms with E-state index in [0.29, 0.717) is 11.3 Å². The Morgan fingerprint density at radius 3 is 2.62 bits per heavy atom. The smallest absolute Gasteiger partial charge is 0.272 e. The maximum Gasteiger partial charge on any atom is 0.272 e. The van der Waals surface area contributed by atoms with Crippen molar-refractivity contribution in [3.8, 4) is 0 Å². The van der Waals surface area contributed by atoms with Crippen molar-refractivity contribution in [2.45, 2.75) is 26.7 Å². The third kappa shape index (κ3) is 3.30. The predicted octanol–water partition coefficient (Wildman–Crippen LogP) is 3.19. The number of hydrogen-bond donors (Lipinski definition) is 1. The van der Waals surface area contributed by atoms with Gasteiger partial charge in [-0.2, -0.15) is 0 Å². The summed E-state index contributed by atoms with van der Waals surface area (Å²) in [6.45, 7) is 5.50. The van der Waals surface area contributed by atoms with Gasteiger partial charge in [0.05, 0.1) is 0 Å². The van der Waals surface area contributed by atoms with E-state index in [9.17, 15) is 9.59 Å². The minimum absolute atomic E-state index is 0.103. The summed E-state index contributed by atoms with van der Waals surface area (Å²) in [4.78, 5) is 30.8. The molecule has 1 N–H and O–H groups in total. The van der Waals surface area contributed by atoms with E-state index < -0.39 is 0 Å². The van der Waals surface area contributed by atoms with Gasteiger partial charge in [-0.1, -0.05) is 12.1 Å². The molecule has 1 aromatic carbocycles. The second-order valence-corrected chi connectivity index (χ2v) is 6.13. The number of rotatable bonds is 3. The largest absolute Gasteiger partial charge is 0.337 e. The number of likely N-dealkylation sites (tertiary alicyclic amines) is 1. The molecule has 1 saturated heterocycles. The molecule has 1 fully saturated rings. The van der Waals surface area contributed by atoms with Crippen LogP contribution < -0.4 is 5.32 Å². The minimum atomic E-state index is -0.235. The van der Waals surface area contributed by atoms with Gasteiger partial charge in [-0.05, 0) is 56.0 Å². The lowest BCUT2D eigenvalue weighted by atomic mass is 10.1. The van der Waals surface area contributed by atoms with E-state index in [-0.39, 0.29) is 11.8 Å². The molecule has 24 heavy (non-hydrogen) atoms. The molecule has 2 heterocycles. The van der Waals surface area contributed by atoms with E-state index in [1.54, 1.807) is 17.0 Å². The summed E-state index contributed by atoms with van der Waals surface area (Å²) in [5.41, 5.74) is 3.70. The van der Waals surface area contributed by atoms with Crippen molar-refractivity contribution in [3.05, 3.63) is 58.9 Å². The number of nitrogens with one attached hydrogen (secondary N) is 1. The van der Waals surface area contributed by atoms with Gasteiger partial charge in [0.25, 0.3) is 11.8 Å². The summed E-state index contributed by atoms with van der Waals surface area (Å²) in [5.74, 6) is -0.338. The number of carbonyl (C=O) groups is 2. The van der Waals surface area contributed by atoms with Gasteiger partial charge in [0.15, 0.2) is 0 Å². The van der Waals surface area contributed by atoms with Crippen molar-refractivity contribution in [1.29, 1.82) is 0 Å². The van der Waals surface area contributed by atoms with Crippen molar-refractivity contribution in [1.82, 2.24) is 9.88 Å². The van der Waals surface area contributed by atoms with Crippen LogP contribution in [0, 0.1) is 13.8 Å². The van der Waals surface area contributed by atoms with Crippen molar-refractivity contribution in [3.63, 3.8) is 0 Å². The van der Waals surface area contributed by atoms with Crippen LogP contribution in [-0.4, -0.2) is 34.8 Å². The molecule has 0 bridgehead atoms. The van der Waals surface area contributed by atoms with Gasteiger partial charge in [-0.3, -0.25) is 14.6 Å². The quantitative estimate of drug-likeness (QED) is 0.943. The number of aryl methyl sites for hydroxylation is 1. The SMILES string of the molecule is Cc1cccc(NC(=O)c2ccnc(C(=O)N3CCCC3)c2)c1C. The molecule has 0 saturated carbocycles. The van der Waals surface area contributed by atoms with Gasteiger partial charge in [0.1, 0.15) is 5.69 Å². The zero-order valence-corrected chi connectivity index (χ0v) is 14.0. The van der Waals surface area contributed by atoms with Crippen molar-refractivity contribution in [2.75, 3.05) is 18.4 Å². The Morgan fingerprint density at radius 1 is 1.12 bits per heavy atom. The fraction of sp³-hybridized carbons (Fsp3) is 0.316. The van der Waals surface area contributed by atoms with E-state index in [2.05, 4.69) is 10.3 Å². The highest BCUT2D eigenvalue weighted by molar-refractivity contribution is 6.06. The number of amides is 2. The topological polar surface area (TPSA) is 62.3 Å². The third-order valence-corrected chi connectivity index (χ3v) is 4.49. The standard InChI is InChI=1S/C19H21N3O2/c1-13-6-5-7-16(14(13)2)21-18(23)15-8-9-20-17(12-15)19(24)22-10-3-4-11-22/h5-9,12H,3-4,10-11H2,1-2H3,(H,21,23). The van der Waals surface area contributed by atoms with E-state index >= 15 is 0 Å². The van der Waals surface area contributed by atoms with Crippen LogP contribution in [0.1, 0.15) is 44.8 Å². The molecule has 0 unspecified atom stereocenters. The molecule has 2 aromatic rings. The first kappa shape index (κ1) is 16.2. The van der Waals surface area contributed by atoms with E-state index in [4.69, 9.17) is 0 Å². The molecule has 0 spiro atoms. The third-order valence-electron chi connectivity index (χ3n) is 4.49. The average molecular weight is 323 g/mol. The molecule has 3 rings (SSSR count). The Bertz CT molecular complexity index is 780. The zero-order chi connectivity index (χ0) is 17.1. The first-order valence-corrected chi connectivity index (χ1v) is 8.19. The van der Waals surface area contributed by atoms with Crippen LogP contribution in [0.2, 0.25) is 0 Å². The molecule has 0 aliphatic carbocycles. The second kappa shape index (κ2) is 6.83. The number of aromatic nitrogens is 1. The Hall–Kier alpha value is -2.69. The first-order chi connectivity index (χ1) is 11.6. The highest BCUT2D eigenvalue weighted by atomic mass is 16.2. The van der Waals surface area contributed by atoms with Crippen LogP contribution in [0.4, 0.5) is 5.69 Å². The summed E-state index contributed by atoms with van der Waals surface area (Å²) in [5, 5.41) is 2.91. The second-order valence-electron chi connectivity index (χ2n) is 6.13. The normalized spacial score (nSPS) is 13.8. The first-order valence-electron chi connectivity index (χ1n) is 8.19. The van der Waals surface area contributed by atoms with E-state index in [1.807, 2.05) is 32.0 Å². The van der Waals surface area contributed by atoms with Crippen LogP contribution in [-0.2, 0) is 0 Å². The molecule has 0 radical (unpaired) electrons. The Morgan fingerprint density at radius 2 is 1.88 bits per heavy atom. The molecular weight excluding hydrogens is 302 g/mol. The number of hydrogen-bond acceptors (Lipinski definition) is 3. The molecule has 1 aliphatic heterocycles. The maximum absolute atomic E-state index is 12.5. The van der Waals surface area contributed by atoms with Crippen molar-refractivity contribution >= 4 is 17.5 Å². The molecule has 5 nitrogen and oxygen atoms in total. The van der Waals surface area contributed by atoms with Crippen LogP contribution >= 0.6 is 0 Å². The van der Waals surface area contributed by atoms with Crippen LogP contribution in [0.5, 0.6) is 0 Å². The minimum Gasteiger partial charge on any atom is -0.337 e. The summed E-state index contributed by atoms with van der Waals surface area (Å²) in [6.07, 6.45) is 3.57. The molecule has 5 heteroatoms. The predicted molar refractivity (Wildman–Crippen MR) is 93.2 cm³/mol. The lowest BCUT2D eigenvalue weighted by Gasteiger charge is -2.15. The average Bonchev–Trinajstić information content (AvgIpc) is 3.13. The Kier molecular flexibility index (Phi) is 4.60. The van der Waals surface area contributed by atoms with Crippen molar-refractivity contribution < 1.29 is 9.59 Å². The highest BCUT2D eigenvalue weighted by Crippen LogP contribution is 2.19. The monoisotopic (exact) mass is 323 g/mol. The van der Waals surface area contributed by atoms with Crippen LogP contribution in [0.15, 0.2) is 36.5 Å². The van der Waals surface area contributed by atoms with Gasteiger partial charge >= 0.3 is 0 Å². The molecule has 124 valence electrons. The zero-order valence-electron chi connectivity index (χ0n) is 14.0. The molecular formula is C19H21N3O2. The van der Waals surface area contributed by atoms with Crippen LogP contribution in [0.25, 0.3) is 0 Å². The Labute approximate surface area is 141 Å². The highest BCUT2D eigenvalue weighted by Gasteiger charge is 2.21. The summed E-state index contributed by atoms with van der Waals surface area (Å²) >= 11 is 0. The fourth-order valence-corrected chi connectivity index (χ4v) is 2.85. The molecule has 1 aliphatic rings. The van der Waals surface area contributed by atoms with Gasteiger partial charge in [0.2, 0.25) is 0 Å².